The van der Waals surface area contributed by atoms with Crippen LogP contribution in [-0.2, 0) is 0 Å². The summed E-state index contributed by atoms with van der Waals surface area (Å²) in [6, 6.07) is 5.94. The summed E-state index contributed by atoms with van der Waals surface area (Å²) in [4.78, 5) is 3.87. The standard InChI is InChI=1S/C10H7F2NO2/c11-10(12)15-9-3-1-2-8-7(9)4-6(14)5-13-8/h1-5,10,14H. The molecule has 15 heavy (non-hydrogen) atoms. The number of halogens is 2. The van der Waals surface area contributed by atoms with Gasteiger partial charge in [0, 0.05) is 5.39 Å². The maximum atomic E-state index is 12.0. The van der Waals surface area contributed by atoms with Crippen LogP contribution in [0.2, 0.25) is 0 Å². The van der Waals surface area contributed by atoms with Crippen LogP contribution in [0.5, 0.6) is 11.5 Å². The lowest BCUT2D eigenvalue weighted by Gasteiger charge is -2.07. The number of ether oxygens (including phenoxy) is 1. The van der Waals surface area contributed by atoms with Gasteiger partial charge in [-0.1, -0.05) is 6.07 Å². The minimum Gasteiger partial charge on any atom is -0.506 e. The van der Waals surface area contributed by atoms with Crippen molar-refractivity contribution in [3.05, 3.63) is 30.5 Å². The van der Waals surface area contributed by atoms with E-state index in [1.165, 1.54) is 18.3 Å². The summed E-state index contributed by atoms with van der Waals surface area (Å²) >= 11 is 0. The zero-order chi connectivity index (χ0) is 10.8. The second kappa shape index (κ2) is 3.68. The topological polar surface area (TPSA) is 42.4 Å². The van der Waals surface area contributed by atoms with Crippen molar-refractivity contribution in [2.24, 2.45) is 0 Å². The number of hydrogen-bond acceptors (Lipinski definition) is 3. The normalized spacial score (nSPS) is 10.9. The van der Waals surface area contributed by atoms with E-state index in [1.54, 1.807) is 12.1 Å². The number of hydrogen-bond donors (Lipinski definition) is 1. The molecule has 0 amide bonds. The molecule has 0 aliphatic carbocycles. The summed E-state index contributed by atoms with van der Waals surface area (Å²) in [5.74, 6) is -0.0845. The number of aromatic nitrogens is 1. The Kier molecular flexibility index (Phi) is 2.37. The molecule has 0 spiro atoms. The molecule has 0 radical (unpaired) electrons. The van der Waals surface area contributed by atoms with E-state index in [-0.39, 0.29) is 11.5 Å². The molecule has 0 saturated heterocycles. The Bertz CT molecular complexity index is 488. The second-order valence-corrected chi connectivity index (χ2v) is 2.89. The zero-order valence-electron chi connectivity index (χ0n) is 7.52. The fourth-order valence-electron chi connectivity index (χ4n) is 1.31. The number of pyridine rings is 1. The number of nitrogens with zero attached hydrogens (tertiary/aromatic N) is 1. The van der Waals surface area contributed by atoms with Crippen molar-refractivity contribution in [3.63, 3.8) is 0 Å². The van der Waals surface area contributed by atoms with E-state index >= 15 is 0 Å². The second-order valence-electron chi connectivity index (χ2n) is 2.89. The highest BCUT2D eigenvalue weighted by atomic mass is 19.3. The third-order valence-corrected chi connectivity index (χ3v) is 1.89. The first kappa shape index (κ1) is 9.64. The van der Waals surface area contributed by atoms with Gasteiger partial charge in [0.1, 0.15) is 11.5 Å². The summed E-state index contributed by atoms with van der Waals surface area (Å²) in [6.45, 7) is -2.89. The van der Waals surface area contributed by atoms with Crippen molar-refractivity contribution < 1.29 is 18.6 Å². The van der Waals surface area contributed by atoms with E-state index in [9.17, 15) is 13.9 Å². The summed E-state index contributed by atoms with van der Waals surface area (Å²) in [7, 11) is 0. The largest absolute Gasteiger partial charge is 0.506 e. The smallest absolute Gasteiger partial charge is 0.387 e. The third kappa shape index (κ3) is 1.96. The number of alkyl halides is 2. The van der Waals surface area contributed by atoms with Crippen LogP contribution < -0.4 is 4.74 Å². The first-order valence-electron chi connectivity index (χ1n) is 4.19. The fourth-order valence-corrected chi connectivity index (χ4v) is 1.31. The molecule has 0 saturated carbocycles. The molecule has 2 aromatic rings. The monoisotopic (exact) mass is 211 g/mol. The van der Waals surface area contributed by atoms with Crippen LogP contribution in [0, 0.1) is 0 Å². The number of fused-ring (bicyclic) bond motifs is 1. The molecular weight excluding hydrogens is 204 g/mol. The van der Waals surface area contributed by atoms with Gasteiger partial charge >= 0.3 is 6.61 Å². The zero-order valence-corrected chi connectivity index (χ0v) is 7.52. The minimum atomic E-state index is -2.89. The van der Waals surface area contributed by atoms with E-state index in [4.69, 9.17) is 0 Å². The lowest BCUT2D eigenvalue weighted by Crippen LogP contribution is -2.02. The first-order chi connectivity index (χ1) is 7.16. The molecule has 0 aliphatic heterocycles. The molecule has 0 bridgehead atoms. The minimum absolute atomic E-state index is 0.00546. The third-order valence-electron chi connectivity index (χ3n) is 1.89. The molecule has 1 heterocycles. The molecule has 0 fully saturated rings. The molecular formula is C10H7F2NO2. The summed E-state index contributed by atoms with van der Waals surface area (Å²) in [5, 5.41) is 9.54. The van der Waals surface area contributed by atoms with Gasteiger partial charge in [0.15, 0.2) is 0 Å². The van der Waals surface area contributed by atoms with E-state index in [0.717, 1.165) is 0 Å². The Labute approximate surface area is 83.9 Å². The Balaban J connectivity index is 2.58. The van der Waals surface area contributed by atoms with Crippen LogP contribution >= 0.6 is 0 Å². The molecule has 1 aromatic heterocycles. The SMILES string of the molecule is Oc1cnc2cccc(OC(F)F)c2c1. The highest BCUT2D eigenvalue weighted by molar-refractivity contribution is 5.85. The molecule has 2 rings (SSSR count). The number of benzene rings is 1. The maximum absolute atomic E-state index is 12.0. The van der Waals surface area contributed by atoms with Crippen molar-refractivity contribution in [1.82, 2.24) is 4.98 Å². The Morgan fingerprint density at radius 3 is 2.87 bits per heavy atom. The van der Waals surface area contributed by atoms with Crippen molar-refractivity contribution in [1.29, 1.82) is 0 Å². The van der Waals surface area contributed by atoms with Crippen molar-refractivity contribution in [2.45, 2.75) is 6.61 Å². The van der Waals surface area contributed by atoms with E-state index in [2.05, 4.69) is 9.72 Å². The number of rotatable bonds is 2. The van der Waals surface area contributed by atoms with Gasteiger partial charge in [-0.25, -0.2) is 0 Å². The summed E-state index contributed by atoms with van der Waals surface area (Å²) < 4.78 is 28.4. The summed E-state index contributed by atoms with van der Waals surface area (Å²) in [5.41, 5.74) is 0.492. The van der Waals surface area contributed by atoms with Gasteiger partial charge in [0.2, 0.25) is 0 Å². The highest BCUT2D eigenvalue weighted by Crippen LogP contribution is 2.27. The predicted octanol–water partition coefficient (Wildman–Crippen LogP) is 2.54. The van der Waals surface area contributed by atoms with E-state index in [1.807, 2.05) is 0 Å². The van der Waals surface area contributed by atoms with E-state index in [0.29, 0.717) is 10.9 Å². The van der Waals surface area contributed by atoms with E-state index < -0.39 is 6.61 Å². The van der Waals surface area contributed by atoms with Gasteiger partial charge in [-0.05, 0) is 18.2 Å². The van der Waals surface area contributed by atoms with Gasteiger partial charge in [0.05, 0.1) is 11.7 Å². The Hall–Kier alpha value is -1.91. The highest BCUT2D eigenvalue weighted by Gasteiger charge is 2.08. The maximum Gasteiger partial charge on any atom is 0.387 e. The molecule has 78 valence electrons. The molecule has 0 unspecified atom stereocenters. The lowest BCUT2D eigenvalue weighted by atomic mass is 10.2. The average molecular weight is 211 g/mol. The van der Waals surface area contributed by atoms with Crippen LogP contribution in [0.1, 0.15) is 0 Å². The van der Waals surface area contributed by atoms with Crippen LogP contribution in [0.25, 0.3) is 10.9 Å². The van der Waals surface area contributed by atoms with Crippen molar-refractivity contribution in [3.8, 4) is 11.5 Å². The van der Waals surface area contributed by atoms with Gasteiger partial charge in [-0.3, -0.25) is 4.98 Å². The van der Waals surface area contributed by atoms with Crippen LogP contribution in [0.15, 0.2) is 30.5 Å². The van der Waals surface area contributed by atoms with Gasteiger partial charge in [-0.2, -0.15) is 8.78 Å². The summed E-state index contributed by atoms with van der Waals surface area (Å²) in [6.07, 6.45) is 1.24. The molecule has 1 aromatic carbocycles. The predicted molar refractivity (Wildman–Crippen MR) is 50.0 cm³/mol. The Morgan fingerprint density at radius 2 is 2.13 bits per heavy atom. The average Bonchev–Trinajstić information content (AvgIpc) is 2.18. The number of aromatic hydroxyl groups is 1. The van der Waals surface area contributed by atoms with Crippen LogP contribution in [0.3, 0.4) is 0 Å². The first-order valence-corrected chi connectivity index (χ1v) is 4.19. The van der Waals surface area contributed by atoms with Crippen LogP contribution in [-0.4, -0.2) is 16.7 Å². The van der Waals surface area contributed by atoms with Crippen molar-refractivity contribution >= 4 is 10.9 Å². The molecule has 3 nitrogen and oxygen atoms in total. The lowest BCUT2D eigenvalue weighted by molar-refractivity contribution is -0.0488. The van der Waals surface area contributed by atoms with Crippen molar-refractivity contribution in [2.75, 3.05) is 0 Å². The Morgan fingerprint density at radius 1 is 1.33 bits per heavy atom. The fraction of sp³-hybridized carbons (Fsp3) is 0.100. The van der Waals surface area contributed by atoms with Gasteiger partial charge in [0.25, 0.3) is 0 Å². The quantitative estimate of drug-likeness (QED) is 0.829. The molecule has 5 heteroatoms. The molecule has 0 atom stereocenters. The van der Waals surface area contributed by atoms with Gasteiger partial charge in [-0.15, -0.1) is 0 Å². The molecule has 1 N–H and O–H groups in total. The van der Waals surface area contributed by atoms with Gasteiger partial charge < -0.3 is 9.84 Å². The molecule has 0 aliphatic rings. The van der Waals surface area contributed by atoms with Crippen LogP contribution in [0.4, 0.5) is 8.78 Å².